The first-order valence-corrected chi connectivity index (χ1v) is 22.5. The van der Waals surface area contributed by atoms with Gasteiger partial charge in [-0.15, -0.1) is 0 Å². The number of rotatable bonds is 37. The minimum Gasteiger partial charge on any atom is -0.756 e. The highest BCUT2D eigenvalue weighted by molar-refractivity contribution is 7.45. The molecule has 2 atom stereocenters. The first-order chi connectivity index (χ1) is 26.0. The second-order valence-electron chi connectivity index (χ2n) is 15.1. The van der Waals surface area contributed by atoms with E-state index in [1.54, 1.807) is 0 Å². The first-order valence-electron chi connectivity index (χ1n) is 21.0. The number of nitrogens with zero attached hydrogens (tertiary/aromatic N) is 1. The van der Waals surface area contributed by atoms with Gasteiger partial charge in [-0.2, -0.15) is 0 Å². The molecule has 0 amide bonds. The van der Waals surface area contributed by atoms with E-state index in [-0.39, 0.29) is 26.1 Å². The molecule has 312 valence electrons. The Morgan fingerprint density at radius 2 is 1.07 bits per heavy atom. The van der Waals surface area contributed by atoms with Gasteiger partial charge in [0.1, 0.15) is 19.8 Å². The molecular formula is C44H78NO8P. The molecule has 0 bridgehead atoms. The molecule has 0 spiro atoms. The minimum absolute atomic E-state index is 0.0384. The molecular weight excluding hydrogens is 701 g/mol. The molecule has 0 N–H and O–H groups in total. The van der Waals surface area contributed by atoms with Crippen molar-refractivity contribution < 1.29 is 42.1 Å². The van der Waals surface area contributed by atoms with Crippen molar-refractivity contribution >= 4 is 19.8 Å². The molecule has 0 heterocycles. The monoisotopic (exact) mass is 780 g/mol. The standard InChI is InChI=1S/C44H78NO8P/c1-6-8-10-12-14-16-18-20-22-24-26-28-30-32-34-36-43(46)50-40-42(41-52-54(48,49)51-39-38-45(3,4)5)53-44(47)37-35-33-31-29-27-25-23-21-19-17-15-13-11-9-7-2/h8,10,12,14,16-20,22,42H,6-7,9,11,13,15,21,23-41H2,1-5H3/b10-8+,14-12+,18-16+,19-17+,22-20+/t42-/m1/s1. The first kappa shape index (κ1) is 51.7. The van der Waals surface area contributed by atoms with Gasteiger partial charge in [-0.1, -0.05) is 145 Å². The van der Waals surface area contributed by atoms with Gasteiger partial charge in [0.2, 0.25) is 0 Å². The molecule has 0 fully saturated rings. The summed E-state index contributed by atoms with van der Waals surface area (Å²) in [4.78, 5) is 37.5. The van der Waals surface area contributed by atoms with Crippen molar-refractivity contribution in [1.82, 2.24) is 0 Å². The maximum absolute atomic E-state index is 12.7. The average molecular weight is 780 g/mol. The molecule has 0 aromatic rings. The topological polar surface area (TPSA) is 111 Å². The Bertz CT molecular complexity index is 1110. The van der Waals surface area contributed by atoms with Crippen LogP contribution in [0.15, 0.2) is 60.8 Å². The van der Waals surface area contributed by atoms with Gasteiger partial charge in [-0.3, -0.25) is 14.2 Å². The van der Waals surface area contributed by atoms with E-state index in [9.17, 15) is 19.0 Å². The minimum atomic E-state index is -4.63. The number of hydrogen-bond donors (Lipinski definition) is 0. The summed E-state index contributed by atoms with van der Waals surface area (Å²) >= 11 is 0. The van der Waals surface area contributed by atoms with Crippen molar-refractivity contribution in [2.45, 2.75) is 161 Å². The van der Waals surface area contributed by atoms with Crippen LogP contribution in [0.5, 0.6) is 0 Å². The molecule has 0 aromatic carbocycles. The highest BCUT2D eigenvalue weighted by atomic mass is 31.2. The van der Waals surface area contributed by atoms with Crippen molar-refractivity contribution in [2.24, 2.45) is 0 Å². The molecule has 0 aliphatic carbocycles. The number of quaternary nitrogens is 1. The van der Waals surface area contributed by atoms with Crippen LogP contribution in [0, 0.1) is 0 Å². The molecule has 9 nitrogen and oxygen atoms in total. The summed E-state index contributed by atoms with van der Waals surface area (Å²) in [6.07, 6.45) is 42.4. The molecule has 0 saturated heterocycles. The number of unbranched alkanes of at least 4 members (excludes halogenated alkanes) is 16. The van der Waals surface area contributed by atoms with Crippen LogP contribution in [0.3, 0.4) is 0 Å². The van der Waals surface area contributed by atoms with E-state index in [1.807, 2.05) is 51.5 Å². The van der Waals surface area contributed by atoms with E-state index in [0.29, 0.717) is 23.9 Å². The van der Waals surface area contributed by atoms with Crippen LogP contribution in [0.2, 0.25) is 0 Å². The van der Waals surface area contributed by atoms with E-state index in [4.69, 9.17) is 18.5 Å². The van der Waals surface area contributed by atoms with Gasteiger partial charge in [0.05, 0.1) is 27.7 Å². The molecule has 0 saturated carbocycles. The fourth-order valence-electron chi connectivity index (χ4n) is 5.31. The van der Waals surface area contributed by atoms with E-state index < -0.39 is 32.5 Å². The predicted molar refractivity (Wildman–Crippen MR) is 222 cm³/mol. The smallest absolute Gasteiger partial charge is 0.306 e. The number of phosphoric ester groups is 1. The summed E-state index contributed by atoms with van der Waals surface area (Å²) in [6, 6.07) is 0. The van der Waals surface area contributed by atoms with E-state index in [1.165, 1.54) is 51.4 Å². The van der Waals surface area contributed by atoms with Crippen LogP contribution in [-0.4, -0.2) is 70.0 Å². The number of allylic oxidation sites excluding steroid dienone is 10. The highest BCUT2D eigenvalue weighted by Gasteiger charge is 2.21. The lowest BCUT2D eigenvalue weighted by Crippen LogP contribution is -2.37. The Balaban J connectivity index is 4.44. The van der Waals surface area contributed by atoms with Crippen molar-refractivity contribution in [3.05, 3.63) is 60.8 Å². The third-order valence-electron chi connectivity index (χ3n) is 8.62. The zero-order valence-electron chi connectivity index (χ0n) is 34.9. The quantitative estimate of drug-likeness (QED) is 0.0153. The maximum Gasteiger partial charge on any atom is 0.306 e. The number of esters is 2. The Morgan fingerprint density at radius 1 is 0.593 bits per heavy atom. The Labute approximate surface area is 330 Å². The summed E-state index contributed by atoms with van der Waals surface area (Å²) in [6.45, 7) is 4.02. The van der Waals surface area contributed by atoms with E-state index in [2.05, 4.69) is 44.2 Å². The Morgan fingerprint density at radius 3 is 1.63 bits per heavy atom. The van der Waals surface area contributed by atoms with Crippen molar-refractivity contribution in [2.75, 3.05) is 47.5 Å². The fraction of sp³-hybridized carbons (Fsp3) is 0.727. The third kappa shape index (κ3) is 39.4. The number of likely N-dealkylation sites (N-methyl/N-ethyl adjacent to an activating group) is 1. The normalized spacial score (nSPS) is 14.3. The van der Waals surface area contributed by atoms with Crippen LogP contribution in [0.25, 0.3) is 0 Å². The zero-order chi connectivity index (χ0) is 40.0. The number of hydrogen-bond acceptors (Lipinski definition) is 8. The second-order valence-corrected chi connectivity index (χ2v) is 16.5. The molecule has 1 unspecified atom stereocenters. The summed E-state index contributed by atoms with van der Waals surface area (Å²) < 4.78 is 33.8. The molecule has 54 heavy (non-hydrogen) atoms. The van der Waals surface area contributed by atoms with Crippen LogP contribution in [-0.2, 0) is 32.7 Å². The van der Waals surface area contributed by atoms with Gasteiger partial charge < -0.3 is 27.9 Å². The predicted octanol–water partition coefficient (Wildman–Crippen LogP) is 11.1. The molecule has 0 aliphatic rings. The molecule has 0 radical (unpaired) electrons. The van der Waals surface area contributed by atoms with Crippen molar-refractivity contribution in [1.29, 1.82) is 0 Å². The average Bonchev–Trinajstić information content (AvgIpc) is 3.12. The highest BCUT2D eigenvalue weighted by Crippen LogP contribution is 2.38. The van der Waals surface area contributed by atoms with Gasteiger partial charge in [0, 0.05) is 12.8 Å². The summed E-state index contributed by atoms with van der Waals surface area (Å²) in [7, 11) is 1.14. The second kappa shape index (κ2) is 36.4. The molecule has 0 aromatic heterocycles. The lowest BCUT2D eigenvalue weighted by atomic mass is 10.1. The molecule has 0 aliphatic heterocycles. The third-order valence-corrected chi connectivity index (χ3v) is 9.58. The summed E-state index contributed by atoms with van der Waals surface area (Å²) in [5.41, 5.74) is 0. The molecule has 10 heteroatoms. The number of ether oxygens (including phenoxy) is 2. The number of carbonyl (C=O) groups excluding carboxylic acids is 2. The Hall–Kier alpha value is -2.29. The zero-order valence-corrected chi connectivity index (χ0v) is 35.8. The van der Waals surface area contributed by atoms with Gasteiger partial charge in [0.15, 0.2) is 6.10 Å². The van der Waals surface area contributed by atoms with Gasteiger partial charge in [-0.25, -0.2) is 0 Å². The van der Waals surface area contributed by atoms with Crippen LogP contribution >= 0.6 is 7.82 Å². The largest absolute Gasteiger partial charge is 0.756 e. The van der Waals surface area contributed by atoms with E-state index >= 15 is 0 Å². The van der Waals surface area contributed by atoms with E-state index in [0.717, 1.165) is 64.2 Å². The lowest BCUT2D eigenvalue weighted by Gasteiger charge is -2.28. The molecule has 0 rings (SSSR count). The van der Waals surface area contributed by atoms with Crippen molar-refractivity contribution in [3.8, 4) is 0 Å². The van der Waals surface area contributed by atoms with Crippen molar-refractivity contribution in [3.63, 3.8) is 0 Å². The van der Waals surface area contributed by atoms with Crippen LogP contribution in [0.1, 0.15) is 155 Å². The maximum atomic E-state index is 12.7. The fourth-order valence-corrected chi connectivity index (χ4v) is 6.03. The Kier molecular flexibility index (Phi) is 34.8. The van der Waals surface area contributed by atoms with Gasteiger partial charge in [0.25, 0.3) is 7.82 Å². The SMILES string of the molecule is CC/C=C/C=C/C=C/C=C/CCCCCCCC(=O)OC[C@H](COP(=O)([O-])OCC[N+](C)(C)C)OC(=O)CCCCCCCCC/C=C/CCCCCC. The van der Waals surface area contributed by atoms with Gasteiger partial charge in [-0.05, 0) is 57.8 Å². The van der Waals surface area contributed by atoms with Gasteiger partial charge >= 0.3 is 11.9 Å². The number of phosphoric acid groups is 1. The summed E-state index contributed by atoms with van der Waals surface area (Å²) in [5, 5.41) is 0. The lowest BCUT2D eigenvalue weighted by molar-refractivity contribution is -0.870. The number of carbonyl (C=O) groups is 2. The summed E-state index contributed by atoms with van der Waals surface area (Å²) in [5.74, 6) is -0.872. The van der Waals surface area contributed by atoms with Crippen LogP contribution in [0.4, 0.5) is 0 Å². The van der Waals surface area contributed by atoms with Crippen LogP contribution < -0.4 is 4.89 Å².